The van der Waals surface area contributed by atoms with Crippen molar-refractivity contribution < 1.29 is 4.79 Å². The highest BCUT2D eigenvalue weighted by Gasteiger charge is 2.36. The van der Waals surface area contributed by atoms with Gasteiger partial charge in [-0.15, -0.1) is 0 Å². The van der Waals surface area contributed by atoms with Crippen molar-refractivity contribution in [1.82, 2.24) is 4.98 Å². The molecule has 0 saturated heterocycles. The number of aromatic nitrogens is 1. The molecular formula is C24H20ClN3O. The number of anilines is 2. The molecule has 29 heavy (non-hydrogen) atoms. The summed E-state index contributed by atoms with van der Waals surface area (Å²) in [5.74, 6) is 0.290. The van der Waals surface area contributed by atoms with Gasteiger partial charge in [0.25, 0.3) is 0 Å². The molecule has 0 spiro atoms. The Morgan fingerprint density at radius 1 is 0.897 bits per heavy atom. The minimum atomic E-state index is -0.228. The lowest BCUT2D eigenvalue weighted by Crippen LogP contribution is -2.26. The molecule has 0 bridgehead atoms. The van der Waals surface area contributed by atoms with Gasteiger partial charge in [0, 0.05) is 35.1 Å². The highest BCUT2D eigenvalue weighted by molar-refractivity contribution is 6.30. The van der Waals surface area contributed by atoms with E-state index < -0.39 is 0 Å². The van der Waals surface area contributed by atoms with E-state index in [0.717, 1.165) is 40.2 Å². The first-order valence-corrected chi connectivity index (χ1v) is 10.1. The number of pyridine rings is 1. The van der Waals surface area contributed by atoms with Crippen molar-refractivity contribution in [3.8, 4) is 0 Å². The highest BCUT2D eigenvalue weighted by Crippen LogP contribution is 2.44. The number of fused-ring (bicyclic) bond motifs is 1. The van der Waals surface area contributed by atoms with Gasteiger partial charge in [0.2, 0.25) is 0 Å². The van der Waals surface area contributed by atoms with Gasteiger partial charge in [-0.1, -0.05) is 41.9 Å². The van der Waals surface area contributed by atoms with E-state index in [2.05, 4.69) is 15.6 Å². The SMILES string of the molecule is O=C1CC(c2ccc(Cl)cc2)CC2=C1C(c1cccnc1)Nc1ccccc1N2. The Bertz CT molecular complexity index is 1090. The fourth-order valence-electron chi connectivity index (χ4n) is 4.26. The third-order valence-corrected chi connectivity index (χ3v) is 5.92. The summed E-state index contributed by atoms with van der Waals surface area (Å²) in [6, 6.07) is 19.6. The van der Waals surface area contributed by atoms with Crippen molar-refractivity contribution in [1.29, 1.82) is 0 Å². The number of benzene rings is 2. The minimum Gasteiger partial charge on any atom is -0.372 e. The standard InChI is InChI=1S/C24H20ClN3O/c25-18-9-7-15(8-10-18)17-12-21-23(22(29)13-17)24(16-4-3-11-26-14-16)28-20-6-2-1-5-19(20)27-21/h1-11,14,17,24,27-28H,12-13H2. The molecule has 0 amide bonds. The van der Waals surface area contributed by atoms with Gasteiger partial charge in [-0.05, 0) is 53.8 Å². The Hall–Kier alpha value is -3.11. The summed E-state index contributed by atoms with van der Waals surface area (Å²) < 4.78 is 0. The molecule has 5 heteroatoms. The second-order valence-corrected chi connectivity index (χ2v) is 7.94. The smallest absolute Gasteiger partial charge is 0.163 e. The monoisotopic (exact) mass is 401 g/mol. The first-order chi connectivity index (χ1) is 14.2. The van der Waals surface area contributed by atoms with Crippen molar-refractivity contribution in [2.24, 2.45) is 0 Å². The van der Waals surface area contributed by atoms with Gasteiger partial charge in [-0.2, -0.15) is 0 Å². The summed E-state index contributed by atoms with van der Waals surface area (Å²) in [5.41, 5.74) is 5.87. The molecule has 0 radical (unpaired) electrons. The summed E-state index contributed by atoms with van der Waals surface area (Å²) in [6.07, 6.45) is 4.84. The molecule has 0 saturated carbocycles. The lowest BCUT2D eigenvalue weighted by atomic mass is 9.79. The average Bonchev–Trinajstić information content (AvgIpc) is 2.92. The largest absolute Gasteiger partial charge is 0.372 e. The number of Topliss-reactive ketones (excluding diaryl/α,β-unsaturated/α-hetero) is 1. The molecule has 2 N–H and O–H groups in total. The molecule has 2 aromatic carbocycles. The van der Waals surface area contributed by atoms with Crippen LogP contribution >= 0.6 is 11.6 Å². The zero-order valence-corrected chi connectivity index (χ0v) is 16.5. The number of carbonyl (C=O) groups excluding carboxylic acids is 1. The van der Waals surface area contributed by atoms with Crippen molar-refractivity contribution in [2.75, 3.05) is 10.6 Å². The summed E-state index contributed by atoms with van der Waals surface area (Å²) in [7, 11) is 0. The number of para-hydroxylation sites is 2. The van der Waals surface area contributed by atoms with Crippen LogP contribution in [-0.4, -0.2) is 10.8 Å². The first kappa shape index (κ1) is 18.0. The van der Waals surface area contributed by atoms with Crippen LogP contribution in [0, 0.1) is 0 Å². The van der Waals surface area contributed by atoms with Crippen LogP contribution in [-0.2, 0) is 4.79 Å². The number of carbonyl (C=O) groups is 1. The van der Waals surface area contributed by atoms with Crippen LogP contribution in [0.2, 0.25) is 5.02 Å². The molecule has 2 heterocycles. The van der Waals surface area contributed by atoms with Gasteiger partial charge in [-0.25, -0.2) is 0 Å². The second kappa shape index (κ2) is 7.37. The number of nitrogens with one attached hydrogen (secondary N) is 2. The molecule has 2 aliphatic rings. The van der Waals surface area contributed by atoms with E-state index >= 15 is 0 Å². The molecule has 0 fully saturated rings. The minimum absolute atomic E-state index is 0.130. The Labute approximate surface area is 174 Å². The third-order valence-electron chi connectivity index (χ3n) is 5.67. The van der Waals surface area contributed by atoms with Gasteiger partial charge in [0.15, 0.2) is 5.78 Å². The fourth-order valence-corrected chi connectivity index (χ4v) is 4.39. The lowest BCUT2D eigenvalue weighted by Gasteiger charge is -2.29. The zero-order chi connectivity index (χ0) is 19.8. The summed E-state index contributed by atoms with van der Waals surface area (Å²) in [6.45, 7) is 0. The molecule has 4 nitrogen and oxygen atoms in total. The van der Waals surface area contributed by atoms with Crippen LogP contribution in [0.15, 0.2) is 84.3 Å². The molecule has 2 atom stereocenters. The molecule has 144 valence electrons. The maximum atomic E-state index is 13.4. The summed E-state index contributed by atoms with van der Waals surface area (Å²) in [5, 5.41) is 7.83. The summed E-state index contributed by atoms with van der Waals surface area (Å²) >= 11 is 6.05. The second-order valence-electron chi connectivity index (χ2n) is 7.51. The lowest BCUT2D eigenvalue weighted by molar-refractivity contribution is -0.116. The van der Waals surface area contributed by atoms with E-state index in [1.54, 1.807) is 6.20 Å². The maximum absolute atomic E-state index is 13.4. The van der Waals surface area contributed by atoms with Crippen LogP contribution < -0.4 is 10.6 Å². The van der Waals surface area contributed by atoms with E-state index in [9.17, 15) is 4.79 Å². The van der Waals surface area contributed by atoms with Crippen LogP contribution in [0.5, 0.6) is 0 Å². The zero-order valence-electron chi connectivity index (χ0n) is 15.7. The molecule has 2 unspecified atom stereocenters. The van der Waals surface area contributed by atoms with Crippen molar-refractivity contribution in [2.45, 2.75) is 24.8 Å². The Morgan fingerprint density at radius 2 is 1.69 bits per heavy atom. The quantitative estimate of drug-likeness (QED) is 0.577. The molecular weight excluding hydrogens is 382 g/mol. The number of hydrogen-bond acceptors (Lipinski definition) is 4. The maximum Gasteiger partial charge on any atom is 0.163 e. The highest BCUT2D eigenvalue weighted by atomic mass is 35.5. The van der Waals surface area contributed by atoms with Gasteiger partial charge in [0.1, 0.15) is 0 Å². The predicted octanol–water partition coefficient (Wildman–Crippen LogP) is 5.71. The first-order valence-electron chi connectivity index (χ1n) is 9.73. The molecule has 1 aliphatic carbocycles. The van der Waals surface area contributed by atoms with Crippen LogP contribution in [0.3, 0.4) is 0 Å². The van der Waals surface area contributed by atoms with Crippen molar-refractivity contribution in [3.63, 3.8) is 0 Å². The number of hydrogen-bond donors (Lipinski definition) is 2. The Morgan fingerprint density at radius 3 is 2.45 bits per heavy atom. The number of allylic oxidation sites excluding steroid dienone is 1. The van der Waals surface area contributed by atoms with Crippen molar-refractivity contribution >= 4 is 28.8 Å². The van der Waals surface area contributed by atoms with Gasteiger partial charge >= 0.3 is 0 Å². The molecule has 3 aromatic rings. The number of nitrogens with zero attached hydrogens (tertiary/aromatic N) is 1. The number of ketones is 1. The average molecular weight is 402 g/mol. The van der Waals surface area contributed by atoms with Crippen LogP contribution in [0.25, 0.3) is 0 Å². The molecule has 5 rings (SSSR count). The summed E-state index contributed by atoms with van der Waals surface area (Å²) in [4.78, 5) is 17.7. The predicted molar refractivity (Wildman–Crippen MR) is 116 cm³/mol. The van der Waals surface area contributed by atoms with E-state index in [0.29, 0.717) is 11.4 Å². The van der Waals surface area contributed by atoms with Crippen LogP contribution in [0.4, 0.5) is 11.4 Å². The van der Waals surface area contributed by atoms with E-state index in [4.69, 9.17) is 11.6 Å². The van der Waals surface area contributed by atoms with E-state index in [1.807, 2.05) is 66.9 Å². The number of rotatable bonds is 2. The topological polar surface area (TPSA) is 54.0 Å². The normalized spacial score (nSPS) is 20.8. The van der Waals surface area contributed by atoms with Gasteiger partial charge < -0.3 is 10.6 Å². The fraction of sp³-hybridized carbons (Fsp3) is 0.167. The number of halogens is 1. The van der Waals surface area contributed by atoms with E-state index in [-0.39, 0.29) is 17.7 Å². The molecule has 1 aliphatic heterocycles. The Balaban J connectivity index is 1.60. The Kier molecular flexibility index (Phi) is 4.57. The van der Waals surface area contributed by atoms with Gasteiger partial charge in [0.05, 0.1) is 17.4 Å². The van der Waals surface area contributed by atoms with Crippen LogP contribution in [0.1, 0.15) is 35.9 Å². The van der Waals surface area contributed by atoms with Gasteiger partial charge in [-0.3, -0.25) is 9.78 Å². The molecule has 1 aromatic heterocycles. The van der Waals surface area contributed by atoms with Crippen molar-refractivity contribution in [3.05, 3.63) is 100 Å². The van der Waals surface area contributed by atoms with E-state index in [1.165, 1.54) is 0 Å². The third kappa shape index (κ3) is 3.40.